The Balaban J connectivity index is 1.56. The quantitative estimate of drug-likeness (QED) is 0.580. The van der Waals surface area contributed by atoms with Gasteiger partial charge in [0.25, 0.3) is 5.91 Å². The summed E-state index contributed by atoms with van der Waals surface area (Å²) in [6, 6.07) is 20.8. The highest BCUT2D eigenvalue weighted by Crippen LogP contribution is 2.29. The molecule has 2 aromatic carbocycles. The molecule has 1 amide bonds. The Hall–Kier alpha value is -3.73. The van der Waals surface area contributed by atoms with Gasteiger partial charge in [-0.15, -0.1) is 0 Å². The van der Waals surface area contributed by atoms with Crippen molar-refractivity contribution in [1.82, 2.24) is 9.97 Å². The summed E-state index contributed by atoms with van der Waals surface area (Å²) in [6.07, 6.45) is 2.58. The van der Waals surface area contributed by atoms with E-state index in [1.807, 2.05) is 60.7 Å². The maximum atomic E-state index is 13.1. The molecule has 0 saturated heterocycles. The van der Waals surface area contributed by atoms with E-state index >= 15 is 0 Å². The highest BCUT2D eigenvalue weighted by atomic mass is 16.5. The van der Waals surface area contributed by atoms with Gasteiger partial charge < -0.3 is 10.1 Å². The van der Waals surface area contributed by atoms with Crippen LogP contribution in [0.5, 0.6) is 5.75 Å². The predicted molar refractivity (Wildman–Crippen MR) is 109 cm³/mol. The smallest absolute Gasteiger partial charge is 0.256 e. The van der Waals surface area contributed by atoms with Crippen LogP contribution in [0.15, 0.2) is 72.9 Å². The van der Waals surface area contributed by atoms with E-state index in [2.05, 4.69) is 15.3 Å². The van der Waals surface area contributed by atoms with Crippen LogP contribution in [0.3, 0.4) is 0 Å². The number of para-hydroxylation sites is 1. The van der Waals surface area contributed by atoms with E-state index in [1.54, 1.807) is 12.3 Å². The third kappa shape index (κ3) is 2.97. The van der Waals surface area contributed by atoms with Crippen molar-refractivity contribution in [2.75, 3.05) is 11.9 Å². The van der Waals surface area contributed by atoms with Gasteiger partial charge in [0.2, 0.25) is 0 Å². The highest BCUT2D eigenvalue weighted by molar-refractivity contribution is 6.13. The fourth-order valence-electron chi connectivity index (χ4n) is 3.47. The molecule has 5 rings (SSSR count). The van der Waals surface area contributed by atoms with Gasteiger partial charge in [0.1, 0.15) is 5.75 Å². The molecule has 4 aromatic rings. The van der Waals surface area contributed by atoms with Crippen LogP contribution in [0.2, 0.25) is 0 Å². The summed E-state index contributed by atoms with van der Waals surface area (Å²) in [4.78, 5) is 22.2. The van der Waals surface area contributed by atoms with Crippen LogP contribution in [0.4, 0.5) is 5.69 Å². The molecule has 1 N–H and O–H groups in total. The van der Waals surface area contributed by atoms with Gasteiger partial charge in [0.15, 0.2) is 0 Å². The molecule has 1 aliphatic heterocycles. The molecule has 5 nitrogen and oxygen atoms in total. The number of ether oxygens (including phenoxy) is 1. The SMILES string of the molecule is O=C(Nc1ccc2c(c1)CCO2)c1cc(-c2ccccn2)nc2ccccc12. The van der Waals surface area contributed by atoms with Gasteiger partial charge in [-0.2, -0.15) is 0 Å². The number of nitrogens with zero attached hydrogens (tertiary/aromatic N) is 2. The number of benzene rings is 2. The highest BCUT2D eigenvalue weighted by Gasteiger charge is 2.17. The second kappa shape index (κ2) is 6.78. The first kappa shape index (κ1) is 16.4. The number of fused-ring (bicyclic) bond motifs is 2. The molecule has 28 heavy (non-hydrogen) atoms. The molecule has 2 aromatic heterocycles. The number of aromatic nitrogens is 2. The average molecular weight is 367 g/mol. The van der Waals surface area contributed by atoms with Crippen molar-refractivity contribution in [3.05, 3.63) is 84.1 Å². The fourth-order valence-corrected chi connectivity index (χ4v) is 3.47. The molecule has 0 saturated carbocycles. The number of hydrogen-bond acceptors (Lipinski definition) is 4. The Morgan fingerprint density at radius 2 is 1.86 bits per heavy atom. The molecular weight excluding hydrogens is 350 g/mol. The minimum atomic E-state index is -0.172. The first-order valence-corrected chi connectivity index (χ1v) is 9.16. The topological polar surface area (TPSA) is 64.1 Å². The standard InChI is InChI=1S/C23H17N3O2/c27-23(25-16-8-9-22-15(13-16)10-12-28-22)18-14-21(20-7-3-4-11-24-20)26-19-6-2-1-5-17(18)19/h1-9,11,13-14H,10,12H2,(H,25,27). The van der Waals surface area contributed by atoms with E-state index < -0.39 is 0 Å². The van der Waals surface area contributed by atoms with E-state index in [9.17, 15) is 4.79 Å². The molecule has 136 valence electrons. The zero-order valence-electron chi connectivity index (χ0n) is 15.1. The summed E-state index contributed by atoms with van der Waals surface area (Å²) in [5.74, 6) is 0.722. The summed E-state index contributed by atoms with van der Waals surface area (Å²) >= 11 is 0. The Morgan fingerprint density at radius 1 is 0.964 bits per heavy atom. The lowest BCUT2D eigenvalue weighted by Gasteiger charge is -2.11. The molecule has 0 bridgehead atoms. The third-order valence-electron chi connectivity index (χ3n) is 4.84. The average Bonchev–Trinajstić information content (AvgIpc) is 3.21. The number of rotatable bonds is 3. The Morgan fingerprint density at radius 3 is 2.75 bits per heavy atom. The van der Waals surface area contributed by atoms with E-state index in [0.717, 1.165) is 40.0 Å². The van der Waals surface area contributed by atoms with Crippen molar-refractivity contribution in [1.29, 1.82) is 0 Å². The van der Waals surface area contributed by atoms with Crippen molar-refractivity contribution < 1.29 is 9.53 Å². The predicted octanol–water partition coefficient (Wildman–Crippen LogP) is 4.48. The van der Waals surface area contributed by atoms with Crippen LogP contribution >= 0.6 is 0 Å². The van der Waals surface area contributed by atoms with Crippen molar-refractivity contribution in [2.45, 2.75) is 6.42 Å². The zero-order chi connectivity index (χ0) is 18.9. The molecule has 0 spiro atoms. The van der Waals surface area contributed by atoms with Gasteiger partial charge in [0, 0.05) is 23.7 Å². The number of amides is 1. The van der Waals surface area contributed by atoms with E-state index in [4.69, 9.17) is 4.74 Å². The van der Waals surface area contributed by atoms with E-state index in [0.29, 0.717) is 17.9 Å². The van der Waals surface area contributed by atoms with Crippen LogP contribution in [-0.2, 0) is 6.42 Å². The van der Waals surface area contributed by atoms with Gasteiger partial charge in [0.05, 0.1) is 29.1 Å². The van der Waals surface area contributed by atoms with Crippen LogP contribution in [0, 0.1) is 0 Å². The van der Waals surface area contributed by atoms with Crippen LogP contribution in [-0.4, -0.2) is 22.5 Å². The maximum Gasteiger partial charge on any atom is 0.256 e. The summed E-state index contributed by atoms with van der Waals surface area (Å²) in [7, 11) is 0. The number of pyridine rings is 2. The lowest BCUT2D eigenvalue weighted by molar-refractivity contribution is 0.102. The summed E-state index contributed by atoms with van der Waals surface area (Å²) < 4.78 is 5.54. The Kier molecular flexibility index (Phi) is 3.98. The summed E-state index contributed by atoms with van der Waals surface area (Å²) in [6.45, 7) is 0.690. The summed E-state index contributed by atoms with van der Waals surface area (Å²) in [5, 5.41) is 3.83. The van der Waals surface area contributed by atoms with Crippen LogP contribution in [0.25, 0.3) is 22.3 Å². The lowest BCUT2D eigenvalue weighted by Crippen LogP contribution is -2.13. The minimum Gasteiger partial charge on any atom is -0.493 e. The van der Waals surface area contributed by atoms with Crippen molar-refractivity contribution in [2.24, 2.45) is 0 Å². The van der Waals surface area contributed by atoms with Gasteiger partial charge in [-0.1, -0.05) is 24.3 Å². The zero-order valence-corrected chi connectivity index (χ0v) is 15.1. The fraction of sp³-hybridized carbons (Fsp3) is 0.0870. The normalized spacial score (nSPS) is 12.4. The minimum absolute atomic E-state index is 0.172. The van der Waals surface area contributed by atoms with Gasteiger partial charge in [-0.3, -0.25) is 9.78 Å². The van der Waals surface area contributed by atoms with Crippen molar-refractivity contribution in [3.63, 3.8) is 0 Å². The molecular formula is C23H17N3O2. The maximum absolute atomic E-state index is 13.1. The third-order valence-corrected chi connectivity index (χ3v) is 4.84. The number of carbonyl (C=O) groups excluding carboxylic acids is 1. The first-order valence-electron chi connectivity index (χ1n) is 9.16. The molecule has 0 fully saturated rings. The van der Waals surface area contributed by atoms with E-state index in [-0.39, 0.29) is 5.91 Å². The van der Waals surface area contributed by atoms with Crippen molar-refractivity contribution >= 4 is 22.5 Å². The van der Waals surface area contributed by atoms with E-state index in [1.165, 1.54) is 0 Å². The molecule has 1 aliphatic rings. The molecule has 3 heterocycles. The van der Waals surface area contributed by atoms with Gasteiger partial charge in [-0.05, 0) is 48.0 Å². The van der Waals surface area contributed by atoms with Gasteiger partial charge in [-0.25, -0.2) is 4.98 Å². The van der Waals surface area contributed by atoms with Crippen LogP contribution in [0.1, 0.15) is 15.9 Å². The molecule has 0 atom stereocenters. The van der Waals surface area contributed by atoms with Gasteiger partial charge >= 0.3 is 0 Å². The second-order valence-electron chi connectivity index (χ2n) is 6.66. The monoisotopic (exact) mass is 367 g/mol. The largest absolute Gasteiger partial charge is 0.493 e. The number of carbonyl (C=O) groups is 1. The lowest BCUT2D eigenvalue weighted by atomic mass is 10.1. The summed E-state index contributed by atoms with van der Waals surface area (Å²) in [5.41, 5.74) is 4.62. The number of nitrogens with one attached hydrogen (secondary N) is 1. The molecule has 0 radical (unpaired) electrons. The molecule has 0 unspecified atom stereocenters. The molecule has 5 heteroatoms. The second-order valence-corrected chi connectivity index (χ2v) is 6.66. The Labute approximate surface area is 162 Å². The first-order chi connectivity index (χ1) is 13.8. The number of anilines is 1. The van der Waals surface area contributed by atoms with Crippen LogP contribution < -0.4 is 10.1 Å². The number of hydrogen-bond donors (Lipinski definition) is 1. The Bertz CT molecular complexity index is 1190. The van der Waals surface area contributed by atoms with Crippen molar-refractivity contribution in [3.8, 4) is 17.1 Å². The molecule has 0 aliphatic carbocycles.